The van der Waals surface area contributed by atoms with Crippen molar-refractivity contribution >= 4 is 34.1 Å². The molecule has 138 valence electrons. The van der Waals surface area contributed by atoms with Crippen molar-refractivity contribution in [2.75, 3.05) is 18.5 Å². The smallest absolute Gasteiger partial charge is 0.348 e. The number of nitrogens with one attached hydrogen (secondary N) is 2. The van der Waals surface area contributed by atoms with E-state index >= 15 is 0 Å². The molecule has 7 heteroatoms. The van der Waals surface area contributed by atoms with Crippen molar-refractivity contribution in [3.8, 4) is 0 Å². The van der Waals surface area contributed by atoms with Crippen LogP contribution in [-0.4, -0.2) is 30.9 Å². The van der Waals surface area contributed by atoms with Gasteiger partial charge in [-0.25, -0.2) is 4.79 Å². The van der Waals surface area contributed by atoms with E-state index in [-0.39, 0.29) is 37.2 Å². The Morgan fingerprint density at radius 1 is 1.12 bits per heavy atom. The molecule has 0 atom stereocenters. The summed E-state index contributed by atoms with van der Waals surface area (Å²) in [4.78, 5) is 36.1. The lowest BCUT2D eigenvalue weighted by Crippen LogP contribution is -2.28. The lowest BCUT2D eigenvalue weighted by atomic mass is 10.1. The van der Waals surface area contributed by atoms with E-state index in [2.05, 4.69) is 10.6 Å². The van der Waals surface area contributed by atoms with Gasteiger partial charge in [-0.2, -0.15) is 0 Å². The highest BCUT2D eigenvalue weighted by Gasteiger charge is 2.15. The second-order valence-corrected chi connectivity index (χ2v) is 6.71. The summed E-state index contributed by atoms with van der Waals surface area (Å²) in [5.41, 5.74) is 1.69. The predicted molar refractivity (Wildman–Crippen MR) is 101 cm³/mol. The first-order chi connectivity index (χ1) is 12.5. The summed E-state index contributed by atoms with van der Waals surface area (Å²) in [5.74, 6) is -0.731. The molecule has 2 rings (SSSR count). The fourth-order valence-electron chi connectivity index (χ4n) is 2.30. The molecule has 6 nitrogen and oxygen atoms in total. The van der Waals surface area contributed by atoms with Crippen LogP contribution in [0.25, 0.3) is 0 Å². The van der Waals surface area contributed by atoms with Gasteiger partial charge in [0.2, 0.25) is 11.8 Å². The summed E-state index contributed by atoms with van der Waals surface area (Å²) < 4.78 is 4.98. The molecule has 0 spiro atoms. The average molecular weight is 374 g/mol. The van der Waals surface area contributed by atoms with Crippen LogP contribution in [0.4, 0.5) is 5.00 Å². The van der Waals surface area contributed by atoms with Crippen LogP contribution in [0.3, 0.4) is 0 Å². The number of anilines is 1. The molecule has 0 radical (unpaired) electrons. The molecule has 0 aliphatic carbocycles. The average Bonchev–Trinajstić information content (AvgIpc) is 2.96. The number of carbonyl (C=O) groups excluding carboxylic acids is 3. The van der Waals surface area contributed by atoms with E-state index in [0.717, 1.165) is 11.1 Å². The number of hydrogen-bond acceptors (Lipinski definition) is 5. The zero-order valence-electron chi connectivity index (χ0n) is 14.8. The summed E-state index contributed by atoms with van der Waals surface area (Å²) in [6.07, 6.45) is 0.446. The van der Waals surface area contributed by atoms with Crippen LogP contribution in [0.1, 0.15) is 34.1 Å². The SMILES string of the molecule is CCOC(=O)c1sc(NC(=O)CCNC(=O)Cc2ccccc2)cc1C. The van der Waals surface area contributed by atoms with Gasteiger partial charge in [0.15, 0.2) is 0 Å². The van der Waals surface area contributed by atoms with Crippen molar-refractivity contribution in [3.05, 3.63) is 52.4 Å². The predicted octanol–water partition coefficient (Wildman–Crippen LogP) is 2.92. The van der Waals surface area contributed by atoms with Gasteiger partial charge in [-0.05, 0) is 31.0 Å². The lowest BCUT2D eigenvalue weighted by molar-refractivity contribution is -0.120. The van der Waals surface area contributed by atoms with E-state index in [9.17, 15) is 14.4 Å². The molecule has 1 aromatic carbocycles. The normalized spacial score (nSPS) is 10.2. The molecular formula is C19H22N2O4S. The van der Waals surface area contributed by atoms with E-state index in [1.807, 2.05) is 30.3 Å². The number of hydrogen-bond donors (Lipinski definition) is 2. The third-order valence-corrected chi connectivity index (χ3v) is 4.66. The number of thiophene rings is 1. The fraction of sp³-hybridized carbons (Fsp3) is 0.316. The molecule has 0 saturated carbocycles. The lowest BCUT2D eigenvalue weighted by Gasteiger charge is -2.05. The van der Waals surface area contributed by atoms with Crippen LogP contribution in [0.15, 0.2) is 36.4 Å². The minimum atomic E-state index is -0.385. The standard InChI is InChI=1S/C19H22N2O4S/c1-3-25-19(24)18-13(2)11-17(26-18)21-15(22)9-10-20-16(23)12-14-7-5-4-6-8-14/h4-8,11H,3,9-10,12H2,1-2H3,(H,20,23)(H,21,22). The third kappa shape index (κ3) is 6.00. The van der Waals surface area contributed by atoms with Gasteiger partial charge in [0.1, 0.15) is 4.88 Å². The van der Waals surface area contributed by atoms with E-state index in [0.29, 0.717) is 16.5 Å². The highest BCUT2D eigenvalue weighted by Crippen LogP contribution is 2.27. The Hall–Kier alpha value is -2.67. The van der Waals surface area contributed by atoms with Crippen molar-refractivity contribution < 1.29 is 19.1 Å². The molecular weight excluding hydrogens is 352 g/mol. The Balaban J connectivity index is 1.76. The van der Waals surface area contributed by atoms with E-state index in [4.69, 9.17) is 4.74 Å². The maximum atomic E-state index is 12.0. The Morgan fingerprint density at radius 2 is 1.85 bits per heavy atom. The molecule has 2 amide bonds. The first-order valence-electron chi connectivity index (χ1n) is 8.37. The zero-order chi connectivity index (χ0) is 18.9. The van der Waals surface area contributed by atoms with Crippen LogP contribution in [0.2, 0.25) is 0 Å². The van der Waals surface area contributed by atoms with E-state index in [1.54, 1.807) is 19.9 Å². The molecule has 0 aliphatic rings. The number of rotatable bonds is 8. The van der Waals surface area contributed by atoms with Crippen LogP contribution in [0.5, 0.6) is 0 Å². The van der Waals surface area contributed by atoms with Gasteiger partial charge in [-0.3, -0.25) is 9.59 Å². The number of esters is 1. The van der Waals surface area contributed by atoms with Gasteiger partial charge in [-0.15, -0.1) is 11.3 Å². The van der Waals surface area contributed by atoms with E-state index in [1.165, 1.54) is 11.3 Å². The van der Waals surface area contributed by atoms with Crippen LogP contribution in [-0.2, 0) is 20.7 Å². The second-order valence-electron chi connectivity index (χ2n) is 5.65. The third-order valence-electron chi connectivity index (χ3n) is 3.52. The Morgan fingerprint density at radius 3 is 2.54 bits per heavy atom. The van der Waals surface area contributed by atoms with Crippen LogP contribution < -0.4 is 10.6 Å². The maximum absolute atomic E-state index is 12.0. The Labute approximate surface area is 156 Å². The van der Waals surface area contributed by atoms with Crippen molar-refractivity contribution in [2.45, 2.75) is 26.7 Å². The quantitative estimate of drug-likeness (QED) is 0.696. The van der Waals surface area contributed by atoms with Gasteiger partial charge < -0.3 is 15.4 Å². The Bertz CT molecular complexity index is 771. The summed E-state index contributed by atoms with van der Waals surface area (Å²) in [7, 11) is 0. The van der Waals surface area contributed by atoms with Gasteiger partial charge in [0, 0.05) is 13.0 Å². The van der Waals surface area contributed by atoms with Gasteiger partial charge in [-0.1, -0.05) is 30.3 Å². The maximum Gasteiger partial charge on any atom is 0.348 e. The fourth-order valence-corrected chi connectivity index (χ4v) is 3.28. The Kier molecular flexibility index (Phi) is 7.35. The molecule has 0 aliphatic heterocycles. The molecule has 0 bridgehead atoms. The van der Waals surface area contributed by atoms with Crippen molar-refractivity contribution in [1.29, 1.82) is 0 Å². The highest BCUT2D eigenvalue weighted by atomic mass is 32.1. The highest BCUT2D eigenvalue weighted by molar-refractivity contribution is 7.18. The first kappa shape index (κ1) is 19.7. The number of aryl methyl sites for hydroxylation is 1. The molecule has 26 heavy (non-hydrogen) atoms. The largest absolute Gasteiger partial charge is 0.462 e. The van der Waals surface area contributed by atoms with Gasteiger partial charge in [0.25, 0.3) is 0 Å². The summed E-state index contributed by atoms with van der Waals surface area (Å²) in [6, 6.07) is 11.2. The first-order valence-corrected chi connectivity index (χ1v) is 9.19. The van der Waals surface area contributed by atoms with Crippen LogP contribution >= 0.6 is 11.3 Å². The molecule has 2 N–H and O–H groups in total. The minimum absolute atomic E-state index is 0.124. The molecule has 0 unspecified atom stereocenters. The molecule has 1 aromatic heterocycles. The number of carbonyl (C=O) groups is 3. The van der Waals surface area contributed by atoms with Crippen LogP contribution in [0, 0.1) is 6.92 Å². The minimum Gasteiger partial charge on any atom is -0.462 e. The van der Waals surface area contributed by atoms with E-state index < -0.39 is 0 Å². The summed E-state index contributed by atoms with van der Waals surface area (Å²) in [5, 5.41) is 6.06. The van der Waals surface area contributed by atoms with Gasteiger partial charge >= 0.3 is 5.97 Å². The topological polar surface area (TPSA) is 84.5 Å². The van der Waals surface area contributed by atoms with Crippen molar-refractivity contribution in [2.24, 2.45) is 0 Å². The second kappa shape index (κ2) is 9.72. The number of ether oxygens (including phenoxy) is 1. The molecule has 1 heterocycles. The summed E-state index contributed by atoms with van der Waals surface area (Å²) in [6.45, 7) is 4.10. The summed E-state index contributed by atoms with van der Waals surface area (Å²) >= 11 is 1.18. The van der Waals surface area contributed by atoms with Gasteiger partial charge in [0.05, 0.1) is 18.0 Å². The number of amides is 2. The zero-order valence-corrected chi connectivity index (χ0v) is 15.7. The molecule has 2 aromatic rings. The van der Waals surface area contributed by atoms with Crippen molar-refractivity contribution in [1.82, 2.24) is 5.32 Å². The molecule has 0 fully saturated rings. The number of benzene rings is 1. The molecule has 0 saturated heterocycles. The monoisotopic (exact) mass is 374 g/mol. The van der Waals surface area contributed by atoms with Crippen molar-refractivity contribution in [3.63, 3.8) is 0 Å².